The fourth-order valence-electron chi connectivity index (χ4n) is 2.67. The van der Waals surface area contributed by atoms with Crippen LogP contribution in [0.15, 0.2) is 59.0 Å². The van der Waals surface area contributed by atoms with E-state index in [1.54, 1.807) is 54.6 Å². The molecule has 0 spiro atoms. The number of ether oxygens (including phenoxy) is 1. The Kier molecular flexibility index (Phi) is 5.40. The van der Waals surface area contributed by atoms with Crippen molar-refractivity contribution in [3.05, 3.63) is 77.0 Å². The first-order chi connectivity index (χ1) is 13.4. The molecule has 28 heavy (non-hydrogen) atoms. The molecule has 0 saturated carbocycles. The summed E-state index contributed by atoms with van der Waals surface area (Å²) in [6, 6.07) is 15.1. The number of anilines is 1. The van der Waals surface area contributed by atoms with Crippen LogP contribution in [0.25, 0.3) is 11.3 Å². The third kappa shape index (κ3) is 4.01. The number of rotatable bonds is 5. The van der Waals surface area contributed by atoms with Crippen molar-refractivity contribution in [3.8, 4) is 11.3 Å². The number of methoxy groups -OCH3 is 1. The molecule has 0 atom stereocenters. The smallest absolute Gasteiger partial charge is 0.337 e. The van der Waals surface area contributed by atoms with E-state index in [4.69, 9.17) is 9.15 Å². The van der Waals surface area contributed by atoms with Crippen LogP contribution in [0.3, 0.4) is 0 Å². The Balaban J connectivity index is 1.79. The van der Waals surface area contributed by atoms with E-state index in [2.05, 4.69) is 5.32 Å². The van der Waals surface area contributed by atoms with Gasteiger partial charge < -0.3 is 14.5 Å². The molecule has 1 amide bonds. The minimum Gasteiger partial charge on any atom is -0.465 e. The molecule has 1 N–H and O–H groups in total. The van der Waals surface area contributed by atoms with Crippen molar-refractivity contribution in [2.75, 3.05) is 12.4 Å². The lowest BCUT2D eigenvalue weighted by atomic mass is 10.1. The maximum absolute atomic E-state index is 12.5. The number of Topliss-reactive ketones (excluding diaryl/α,β-unsaturated/α-hetero) is 1. The molecule has 0 saturated heterocycles. The lowest BCUT2D eigenvalue weighted by Gasteiger charge is -2.09. The molecule has 0 bridgehead atoms. The quantitative estimate of drug-likeness (QED) is 0.523. The highest BCUT2D eigenvalue weighted by Crippen LogP contribution is 2.24. The van der Waals surface area contributed by atoms with Crippen LogP contribution in [0.4, 0.5) is 5.69 Å². The number of carbonyl (C=O) groups excluding carboxylic acids is 3. The van der Waals surface area contributed by atoms with Gasteiger partial charge in [-0.25, -0.2) is 4.79 Å². The van der Waals surface area contributed by atoms with Gasteiger partial charge in [-0.2, -0.15) is 0 Å². The van der Waals surface area contributed by atoms with Crippen molar-refractivity contribution in [1.82, 2.24) is 0 Å². The molecule has 0 aliphatic rings. The van der Waals surface area contributed by atoms with E-state index in [1.165, 1.54) is 14.0 Å². The van der Waals surface area contributed by atoms with Gasteiger partial charge in [0.05, 0.1) is 12.7 Å². The summed E-state index contributed by atoms with van der Waals surface area (Å²) in [7, 11) is 1.30. The average Bonchev–Trinajstić information content (AvgIpc) is 3.19. The maximum Gasteiger partial charge on any atom is 0.337 e. The number of nitrogens with one attached hydrogen (secondary N) is 1. The minimum atomic E-state index is -0.482. The predicted octanol–water partition coefficient (Wildman–Crippen LogP) is 4.50. The zero-order valence-corrected chi connectivity index (χ0v) is 15.7. The van der Waals surface area contributed by atoms with E-state index in [9.17, 15) is 14.4 Å². The van der Waals surface area contributed by atoms with Gasteiger partial charge >= 0.3 is 5.97 Å². The number of furan rings is 1. The second kappa shape index (κ2) is 7.92. The van der Waals surface area contributed by atoms with Crippen LogP contribution in [0, 0.1) is 6.92 Å². The summed E-state index contributed by atoms with van der Waals surface area (Å²) in [6.07, 6.45) is 0. The number of amides is 1. The first-order valence-corrected chi connectivity index (χ1v) is 8.60. The van der Waals surface area contributed by atoms with E-state index in [1.807, 2.05) is 6.92 Å². The number of hydrogen-bond donors (Lipinski definition) is 1. The number of carbonyl (C=O) groups is 3. The van der Waals surface area contributed by atoms with Crippen LogP contribution in [0.5, 0.6) is 0 Å². The molecule has 1 aromatic heterocycles. The molecule has 2 aromatic carbocycles. The first kappa shape index (κ1) is 19.1. The fraction of sp³-hybridized carbons (Fsp3) is 0.136. The summed E-state index contributed by atoms with van der Waals surface area (Å²) in [5.41, 5.74) is 3.00. The lowest BCUT2D eigenvalue weighted by molar-refractivity contribution is 0.0600. The van der Waals surface area contributed by atoms with E-state index in [-0.39, 0.29) is 11.5 Å². The number of ketones is 1. The Labute approximate surface area is 162 Å². The van der Waals surface area contributed by atoms with E-state index in [0.29, 0.717) is 22.6 Å². The van der Waals surface area contributed by atoms with Crippen LogP contribution in [-0.2, 0) is 4.74 Å². The van der Waals surface area contributed by atoms with Gasteiger partial charge in [0.15, 0.2) is 11.5 Å². The van der Waals surface area contributed by atoms with Gasteiger partial charge in [-0.3, -0.25) is 9.59 Å². The number of aryl methyl sites for hydroxylation is 1. The Hall–Kier alpha value is -3.67. The fourth-order valence-corrected chi connectivity index (χ4v) is 2.67. The molecular weight excluding hydrogens is 358 g/mol. The van der Waals surface area contributed by atoms with Gasteiger partial charge in [-0.05, 0) is 43.7 Å². The molecule has 0 radical (unpaired) electrons. The maximum atomic E-state index is 12.5. The Morgan fingerprint density at radius 2 is 1.61 bits per heavy atom. The summed E-state index contributed by atoms with van der Waals surface area (Å²) < 4.78 is 10.4. The van der Waals surface area contributed by atoms with Crippen molar-refractivity contribution in [2.45, 2.75) is 13.8 Å². The summed E-state index contributed by atoms with van der Waals surface area (Å²) in [4.78, 5) is 35.6. The highest BCUT2D eigenvalue weighted by molar-refractivity contribution is 6.04. The van der Waals surface area contributed by atoms with E-state index < -0.39 is 11.9 Å². The SMILES string of the molecule is COC(=O)c1ccc(C)c(NC(=O)c2ccc(-c3ccc(C(C)=O)cc3)o2)c1. The van der Waals surface area contributed by atoms with Crippen molar-refractivity contribution >= 4 is 23.3 Å². The predicted molar refractivity (Wildman–Crippen MR) is 105 cm³/mol. The molecule has 0 aliphatic heterocycles. The Bertz CT molecular complexity index is 1050. The van der Waals surface area contributed by atoms with Gasteiger partial charge in [0.25, 0.3) is 5.91 Å². The highest BCUT2D eigenvalue weighted by atomic mass is 16.5. The third-order valence-corrected chi connectivity index (χ3v) is 4.31. The van der Waals surface area contributed by atoms with Crippen LogP contribution < -0.4 is 5.32 Å². The monoisotopic (exact) mass is 377 g/mol. The number of hydrogen-bond acceptors (Lipinski definition) is 5. The highest BCUT2D eigenvalue weighted by Gasteiger charge is 2.15. The molecule has 6 nitrogen and oxygen atoms in total. The molecular formula is C22H19NO5. The molecule has 0 aliphatic carbocycles. The molecule has 0 unspecified atom stereocenters. The van der Waals surface area contributed by atoms with Crippen molar-refractivity contribution in [3.63, 3.8) is 0 Å². The van der Waals surface area contributed by atoms with E-state index >= 15 is 0 Å². The number of esters is 1. The van der Waals surface area contributed by atoms with Gasteiger partial charge in [-0.15, -0.1) is 0 Å². The largest absolute Gasteiger partial charge is 0.465 e. The first-order valence-electron chi connectivity index (χ1n) is 8.60. The summed E-state index contributed by atoms with van der Waals surface area (Å²) in [5, 5.41) is 2.75. The number of benzene rings is 2. The summed E-state index contributed by atoms with van der Waals surface area (Å²) in [6.45, 7) is 3.32. The lowest BCUT2D eigenvalue weighted by Crippen LogP contribution is -2.13. The summed E-state index contributed by atoms with van der Waals surface area (Å²) in [5.74, 6) is -0.286. The van der Waals surface area contributed by atoms with Crippen molar-refractivity contribution in [2.24, 2.45) is 0 Å². The zero-order valence-electron chi connectivity index (χ0n) is 15.7. The average molecular weight is 377 g/mol. The molecule has 3 rings (SSSR count). The second-order valence-corrected chi connectivity index (χ2v) is 6.27. The van der Waals surface area contributed by atoms with Crippen LogP contribution in [0.2, 0.25) is 0 Å². The van der Waals surface area contributed by atoms with Gasteiger partial charge in [-0.1, -0.05) is 30.3 Å². The van der Waals surface area contributed by atoms with E-state index in [0.717, 1.165) is 11.1 Å². The molecule has 1 heterocycles. The summed E-state index contributed by atoms with van der Waals surface area (Å²) >= 11 is 0. The minimum absolute atomic E-state index is 0.0179. The Morgan fingerprint density at radius 1 is 0.929 bits per heavy atom. The zero-order chi connectivity index (χ0) is 20.3. The topological polar surface area (TPSA) is 85.6 Å². The van der Waals surface area contributed by atoms with Crippen LogP contribution in [-0.4, -0.2) is 24.8 Å². The van der Waals surface area contributed by atoms with Gasteiger partial charge in [0.2, 0.25) is 0 Å². The molecule has 3 aromatic rings. The van der Waals surface area contributed by atoms with Crippen molar-refractivity contribution < 1.29 is 23.5 Å². The third-order valence-electron chi connectivity index (χ3n) is 4.31. The van der Waals surface area contributed by atoms with Gasteiger partial charge in [0.1, 0.15) is 5.76 Å². The van der Waals surface area contributed by atoms with Crippen molar-refractivity contribution in [1.29, 1.82) is 0 Å². The second-order valence-electron chi connectivity index (χ2n) is 6.27. The molecule has 142 valence electrons. The normalized spacial score (nSPS) is 10.4. The standard InChI is InChI=1S/C22H19NO5/c1-13-4-5-17(22(26)27-3)12-18(13)23-21(25)20-11-10-19(28-20)16-8-6-15(7-9-16)14(2)24/h4-12H,1-3H3,(H,23,25). The van der Waals surface area contributed by atoms with Crippen LogP contribution in [0.1, 0.15) is 43.8 Å². The Morgan fingerprint density at radius 3 is 2.25 bits per heavy atom. The van der Waals surface area contributed by atoms with Crippen LogP contribution >= 0.6 is 0 Å². The molecule has 0 fully saturated rings. The van der Waals surface area contributed by atoms with Gasteiger partial charge in [0, 0.05) is 16.8 Å². The molecule has 6 heteroatoms.